The molecular weight excluding hydrogens is 372 g/mol. The molecule has 2 N–H and O–H groups in total. The quantitative estimate of drug-likeness (QED) is 0.475. The summed E-state index contributed by atoms with van der Waals surface area (Å²) < 4.78 is 11.2. The number of aromatic amines is 1. The van der Waals surface area contributed by atoms with Gasteiger partial charge in [0.25, 0.3) is 5.91 Å². The molecule has 3 aromatic rings. The molecule has 0 atom stereocenters. The molecule has 29 heavy (non-hydrogen) atoms. The molecular formula is C21H20N4O4. The number of aromatic nitrogens is 2. The van der Waals surface area contributed by atoms with Crippen molar-refractivity contribution in [1.29, 1.82) is 0 Å². The zero-order valence-electron chi connectivity index (χ0n) is 16.0. The minimum absolute atomic E-state index is 0.00867. The lowest BCUT2D eigenvalue weighted by Gasteiger charge is -2.11. The van der Waals surface area contributed by atoms with Gasteiger partial charge in [-0.2, -0.15) is 10.1 Å². The smallest absolute Gasteiger partial charge is 0.345 e. The summed E-state index contributed by atoms with van der Waals surface area (Å²) in [7, 11) is 1.55. The van der Waals surface area contributed by atoms with Crippen molar-refractivity contribution in [2.45, 2.75) is 13.5 Å². The monoisotopic (exact) mass is 392 g/mol. The normalized spacial score (nSPS) is 10.7. The topological polar surface area (TPSA) is 106 Å². The van der Waals surface area contributed by atoms with Crippen LogP contribution in [0, 0.1) is 6.92 Å². The number of nitrogens with one attached hydrogen (secondary N) is 2. The van der Waals surface area contributed by atoms with Crippen LogP contribution < -0.4 is 20.6 Å². The van der Waals surface area contributed by atoms with Crippen LogP contribution in [0.1, 0.15) is 27.3 Å². The largest absolute Gasteiger partial charge is 0.493 e. The molecule has 0 unspecified atom stereocenters. The second-order valence-corrected chi connectivity index (χ2v) is 6.14. The average molecular weight is 392 g/mol. The predicted molar refractivity (Wildman–Crippen MR) is 108 cm³/mol. The molecule has 0 aliphatic rings. The molecule has 0 fully saturated rings. The van der Waals surface area contributed by atoms with E-state index in [0.29, 0.717) is 29.4 Å². The van der Waals surface area contributed by atoms with Crippen LogP contribution in [0.4, 0.5) is 0 Å². The zero-order chi connectivity index (χ0) is 20.6. The van der Waals surface area contributed by atoms with Crippen LogP contribution >= 0.6 is 0 Å². The molecule has 1 heterocycles. The van der Waals surface area contributed by atoms with Gasteiger partial charge >= 0.3 is 5.69 Å². The fourth-order valence-corrected chi connectivity index (χ4v) is 2.54. The Labute approximate surface area is 167 Å². The van der Waals surface area contributed by atoms with E-state index in [1.54, 1.807) is 32.2 Å². The Bertz CT molecular complexity index is 1080. The average Bonchev–Trinajstić information content (AvgIpc) is 2.72. The Kier molecular flexibility index (Phi) is 6.36. The van der Waals surface area contributed by atoms with Crippen molar-refractivity contribution in [3.05, 3.63) is 87.6 Å². The first-order valence-electron chi connectivity index (χ1n) is 8.81. The Morgan fingerprint density at radius 3 is 2.69 bits per heavy atom. The van der Waals surface area contributed by atoms with Gasteiger partial charge in [-0.25, -0.2) is 10.2 Å². The van der Waals surface area contributed by atoms with Crippen molar-refractivity contribution in [3.8, 4) is 11.5 Å². The Morgan fingerprint density at radius 2 is 1.97 bits per heavy atom. The first-order chi connectivity index (χ1) is 14.0. The van der Waals surface area contributed by atoms with Gasteiger partial charge in [0.2, 0.25) is 0 Å². The van der Waals surface area contributed by atoms with Crippen molar-refractivity contribution < 1.29 is 14.3 Å². The molecule has 0 aliphatic carbocycles. The number of nitrogens with zero attached hydrogens (tertiary/aromatic N) is 2. The fourth-order valence-electron chi connectivity index (χ4n) is 2.54. The number of ether oxygens (including phenoxy) is 2. The first kappa shape index (κ1) is 19.8. The van der Waals surface area contributed by atoms with Crippen LogP contribution in [-0.4, -0.2) is 29.2 Å². The molecule has 0 spiro atoms. The van der Waals surface area contributed by atoms with Crippen molar-refractivity contribution in [1.82, 2.24) is 15.4 Å². The van der Waals surface area contributed by atoms with Gasteiger partial charge in [0, 0.05) is 5.69 Å². The van der Waals surface area contributed by atoms with Crippen LogP contribution in [-0.2, 0) is 6.61 Å². The van der Waals surface area contributed by atoms with Crippen LogP contribution in [0.15, 0.2) is 64.5 Å². The van der Waals surface area contributed by atoms with Crippen molar-refractivity contribution in [2.24, 2.45) is 5.10 Å². The molecule has 3 rings (SSSR count). The lowest BCUT2D eigenvalue weighted by Crippen LogP contribution is -2.24. The number of methoxy groups -OCH3 is 1. The highest BCUT2D eigenvalue weighted by Crippen LogP contribution is 2.28. The number of rotatable bonds is 7. The second kappa shape index (κ2) is 9.32. The SMILES string of the molecule is COc1cc(/C=N/NC(=O)c2cc(C)[nH]c(=O)n2)ccc1OCc1ccccc1. The van der Waals surface area contributed by atoms with E-state index in [0.717, 1.165) is 5.56 Å². The standard InChI is InChI=1S/C21H20N4O4/c1-14-10-17(24-21(27)23-14)20(26)25-22-12-16-8-9-18(19(11-16)28-2)29-13-15-6-4-3-5-7-15/h3-12H,13H2,1-2H3,(H,25,26)(H,23,24,27)/b22-12+. The highest BCUT2D eigenvalue weighted by Gasteiger charge is 2.08. The maximum absolute atomic E-state index is 12.1. The summed E-state index contributed by atoms with van der Waals surface area (Å²) in [5.41, 5.74) is 4.03. The third-order valence-corrected chi connectivity index (χ3v) is 3.92. The van der Waals surface area contributed by atoms with Crippen LogP contribution in [0.3, 0.4) is 0 Å². The molecule has 8 heteroatoms. The lowest BCUT2D eigenvalue weighted by molar-refractivity contribution is 0.0949. The summed E-state index contributed by atoms with van der Waals surface area (Å²) in [5.74, 6) is 0.564. The van der Waals surface area contributed by atoms with Crippen LogP contribution in [0.2, 0.25) is 0 Å². The van der Waals surface area contributed by atoms with Crippen molar-refractivity contribution >= 4 is 12.1 Å². The van der Waals surface area contributed by atoms with E-state index in [4.69, 9.17) is 9.47 Å². The summed E-state index contributed by atoms with van der Waals surface area (Å²) in [6, 6.07) is 16.6. The third kappa shape index (κ3) is 5.52. The van der Waals surface area contributed by atoms with Gasteiger partial charge < -0.3 is 14.5 Å². The van der Waals surface area contributed by atoms with Gasteiger partial charge in [-0.15, -0.1) is 0 Å². The number of H-pyrrole nitrogens is 1. The Morgan fingerprint density at radius 1 is 1.17 bits per heavy atom. The number of aryl methyl sites for hydroxylation is 1. The molecule has 0 radical (unpaired) electrons. The summed E-state index contributed by atoms with van der Waals surface area (Å²) >= 11 is 0. The minimum Gasteiger partial charge on any atom is -0.493 e. The van der Waals surface area contributed by atoms with Gasteiger partial charge in [0.1, 0.15) is 12.3 Å². The number of hydrogen-bond acceptors (Lipinski definition) is 6. The van der Waals surface area contributed by atoms with Crippen molar-refractivity contribution in [3.63, 3.8) is 0 Å². The molecule has 2 aromatic carbocycles. The van der Waals surface area contributed by atoms with Gasteiger partial charge in [0.15, 0.2) is 11.5 Å². The second-order valence-electron chi connectivity index (χ2n) is 6.14. The van der Waals surface area contributed by atoms with E-state index >= 15 is 0 Å². The van der Waals surface area contributed by atoms with E-state index in [1.165, 1.54) is 12.3 Å². The molecule has 0 saturated carbocycles. The van der Waals surface area contributed by atoms with Crippen molar-refractivity contribution in [2.75, 3.05) is 7.11 Å². The zero-order valence-corrected chi connectivity index (χ0v) is 16.0. The van der Waals surface area contributed by atoms with Gasteiger partial charge in [0.05, 0.1) is 13.3 Å². The van der Waals surface area contributed by atoms with E-state index < -0.39 is 11.6 Å². The Hall–Kier alpha value is -3.94. The number of amides is 1. The summed E-state index contributed by atoms with van der Waals surface area (Å²) in [4.78, 5) is 29.5. The molecule has 0 saturated heterocycles. The van der Waals surface area contributed by atoms with E-state index in [9.17, 15) is 9.59 Å². The number of carbonyl (C=O) groups is 1. The fraction of sp³-hybridized carbons (Fsp3) is 0.143. The van der Waals surface area contributed by atoms with Crippen LogP contribution in [0.5, 0.6) is 11.5 Å². The maximum Gasteiger partial charge on any atom is 0.345 e. The van der Waals surface area contributed by atoms with Gasteiger partial charge in [-0.1, -0.05) is 30.3 Å². The highest BCUT2D eigenvalue weighted by atomic mass is 16.5. The van der Waals surface area contributed by atoms with E-state index in [-0.39, 0.29) is 5.69 Å². The highest BCUT2D eigenvalue weighted by molar-refractivity contribution is 5.93. The maximum atomic E-state index is 12.1. The summed E-state index contributed by atoms with van der Waals surface area (Å²) in [6.45, 7) is 2.08. The predicted octanol–water partition coefficient (Wildman–Crippen LogP) is 2.43. The molecule has 1 amide bonds. The number of hydrazone groups is 1. The van der Waals surface area contributed by atoms with E-state index in [2.05, 4.69) is 20.5 Å². The molecule has 1 aromatic heterocycles. The van der Waals surface area contributed by atoms with Gasteiger partial charge in [-0.3, -0.25) is 4.79 Å². The number of benzene rings is 2. The third-order valence-electron chi connectivity index (χ3n) is 3.92. The minimum atomic E-state index is -0.588. The van der Waals surface area contributed by atoms with Gasteiger partial charge in [-0.05, 0) is 42.3 Å². The molecule has 8 nitrogen and oxygen atoms in total. The lowest BCUT2D eigenvalue weighted by atomic mass is 10.2. The first-order valence-corrected chi connectivity index (χ1v) is 8.81. The molecule has 0 aliphatic heterocycles. The molecule has 148 valence electrons. The summed E-state index contributed by atoms with van der Waals surface area (Å²) in [5, 5.41) is 3.90. The Balaban J connectivity index is 1.64. The molecule has 0 bridgehead atoms. The number of carbonyl (C=O) groups excluding carboxylic acids is 1. The summed E-state index contributed by atoms with van der Waals surface area (Å²) in [6.07, 6.45) is 1.46. The van der Waals surface area contributed by atoms with E-state index in [1.807, 2.05) is 30.3 Å². The van der Waals surface area contributed by atoms with Crippen LogP contribution in [0.25, 0.3) is 0 Å². The number of hydrogen-bond donors (Lipinski definition) is 2.